The van der Waals surface area contributed by atoms with E-state index in [1.807, 2.05) is 24.3 Å². The fraction of sp³-hybridized carbons (Fsp3) is 0.304. The van der Waals surface area contributed by atoms with Crippen molar-refractivity contribution in [1.29, 1.82) is 0 Å². The maximum Gasteiger partial charge on any atom is 0.261 e. The largest absolute Gasteiger partial charge is 0.270 e. The molecule has 0 aliphatic carbocycles. The van der Waals surface area contributed by atoms with Crippen LogP contribution in [0.15, 0.2) is 71.9 Å². The third-order valence-electron chi connectivity index (χ3n) is 5.53. The van der Waals surface area contributed by atoms with Gasteiger partial charge in [0, 0.05) is 23.4 Å². The summed E-state index contributed by atoms with van der Waals surface area (Å²) in [5.74, 6) is -0.499. The van der Waals surface area contributed by atoms with Gasteiger partial charge in [0.1, 0.15) is 0 Å². The standard InChI is InChI=1S/C23H24N4O2/c1-2-23(14-8-16-25-26-24,18-10-4-3-5-11-18)15-9-17-27-21(28)19-12-6-7-13-20(19)22(27)29/h3-7,9-13,15H,2,8,14,16-17H2,1H3/b15-9+/t23-/m0/s1. The molecule has 0 aromatic heterocycles. The minimum Gasteiger partial charge on any atom is -0.270 e. The van der Waals surface area contributed by atoms with Crippen LogP contribution >= 0.6 is 0 Å². The van der Waals surface area contributed by atoms with Crippen LogP contribution in [0.25, 0.3) is 10.4 Å². The van der Waals surface area contributed by atoms with Crippen molar-refractivity contribution in [3.8, 4) is 0 Å². The topological polar surface area (TPSA) is 86.1 Å². The van der Waals surface area contributed by atoms with E-state index >= 15 is 0 Å². The predicted molar refractivity (Wildman–Crippen MR) is 113 cm³/mol. The molecule has 2 amide bonds. The molecule has 148 valence electrons. The summed E-state index contributed by atoms with van der Waals surface area (Å²) in [6, 6.07) is 17.1. The Hall–Kier alpha value is -3.37. The van der Waals surface area contributed by atoms with Crippen molar-refractivity contribution in [3.05, 3.63) is 93.9 Å². The first-order chi connectivity index (χ1) is 14.1. The second-order valence-electron chi connectivity index (χ2n) is 7.10. The number of imide groups is 1. The first-order valence-corrected chi connectivity index (χ1v) is 9.82. The molecule has 2 aromatic rings. The number of carbonyl (C=O) groups excluding carboxylic acids is 2. The predicted octanol–water partition coefficient (Wildman–Crippen LogP) is 5.28. The quantitative estimate of drug-likeness (QED) is 0.146. The summed E-state index contributed by atoms with van der Waals surface area (Å²) in [5.41, 5.74) is 10.4. The van der Waals surface area contributed by atoms with Gasteiger partial charge in [0.05, 0.1) is 11.1 Å². The molecule has 0 radical (unpaired) electrons. The maximum absolute atomic E-state index is 12.6. The zero-order chi connectivity index (χ0) is 20.7. The molecule has 6 heteroatoms. The fourth-order valence-electron chi connectivity index (χ4n) is 3.89. The highest BCUT2D eigenvalue weighted by Gasteiger charge is 2.34. The van der Waals surface area contributed by atoms with Crippen LogP contribution in [0.4, 0.5) is 0 Å². The number of fused-ring (bicyclic) bond motifs is 1. The van der Waals surface area contributed by atoms with Crippen LogP contribution in [-0.2, 0) is 5.41 Å². The third-order valence-corrected chi connectivity index (χ3v) is 5.53. The van der Waals surface area contributed by atoms with E-state index in [4.69, 9.17) is 5.53 Å². The van der Waals surface area contributed by atoms with Gasteiger partial charge >= 0.3 is 0 Å². The Bertz CT molecular complexity index is 929. The van der Waals surface area contributed by atoms with Crippen LogP contribution in [-0.4, -0.2) is 29.8 Å². The minimum atomic E-state index is -0.250. The average molecular weight is 388 g/mol. The molecule has 1 atom stereocenters. The molecular formula is C23H24N4O2. The van der Waals surface area contributed by atoms with Gasteiger partial charge in [0.2, 0.25) is 0 Å². The smallest absolute Gasteiger partial charge is 0.261 e. The molecule has 29 heavy (non-hydrogen) atoms. The molecule has 6 nitrogen and oxygen atoms in total. The summed E-state index contributed by atoms with van der Waals surface area (Å²) >= 11 is 0. The van der Waals surface area contributed by atoms with Crippen molar-refractivity contribution < 1.29 is 9.59 Å². The molecular weight excluding hydrogens is 364 g/mol. The van der Waals surface area contributed by atoms with Gasteiger partial charge in [-0.15, -0.1) is 0 Å². The van der Waals surface area contributed by atoms with Crippen LogP contribution in [0.2, 0.25) is 0 Å². The Morgan fingerprint density at radius 1 is 1.03 bits per heavy atom. The zero-order valence-corrected chi connectivity index (χ0v) is 16.5. The number of carbonyl (C=O) groups is 2. The first kappa shape index (κ1) is 20.4. The monoisotopic (exact) mass is 388 g/mol. The molecule has 0 N–H and O–H groups in total. The van der Waals surface area contributed by atoms with Gasteiger partial charge in [-0.05, 0) is 42.5 Å². The lowest BCUT2D eigenvalue weighted by Gasteiger charge is -2.30. The number of nitrogens with zero attached hydrogens (tertiary/aromatic N) is 4. The summed E-state index contributed by atoms with van der Waals surface area (Å²) in [6.07, 6.45) is 6.43. The van der Waals surface area contributed by atoms with Crippen molar-refractivity contribution in [2.75, 3.05) is 13.1 Å². The number of allylic oxidation sites excluding steroid dienone is 1. The normalized spacial score (nSPS) is 15.3. The highest BCUT2D eigenvalue weighted by Crippen LogP contribution is 2.35. The van der Waals surface area contributed by atoms with E-state index in [0.717, 1.165) is 19.3 Å². The van der Waals surface area contributed by atoms with Crippen LogP contribution < -0.4 is 0 Å². The lowest BCUT2D eigenvalue weighted by Crippen LogP contribution is -2.30. The van der Waals surface area contributed by atoms with E-state index in [1.165, 1.54) is 10.5 Å². The van der Waals surface area contributed by atoms with Gasteiger partial charge < -0.3 is 0 Å². The Morgan fingerprint density at radius 2 is 1.66 bits per heavy atom. The molecule has 1 aliphatic rings. The molecule has 0 saturated heterocycles. The van der Waals surface area contributed by atoms with E-state index in [9.17, 15) is 9.59 Å². The molecule has 1 heterocycles. The van der Waals surface area contributed by atoms with Gasteiger partial charge in [-0.1, -0.05) is 66.7 Å². The van der Waals surface area contributed by atoms with Crippen molar-refractivity contribution in [3.63, 3.8) is 0 Å². The van der Waals surface area contributed by atoms with E-state index in [2.05, 4.69) is 35.2 Å². The Labute approximate surface area is 170 Å². The number of benzene rings is 2. The van der Waals surface area contributed by atoms with E-state index in [0.29, 0.717) is 17.7 Å². The van der Waals surface area contributed by atoms with Crippen LogP contribution in [0.3, 0.4) is 0 Å². The second-order valence-corrected chi connectivity index (χ2v) is 7.10. The lowest BCUT2D eigenvalue weighted by atomic mass is 9.74. The molecule has 0 saturated carbocycles. The fourth-order valence-corrected chi connectivity index (χ4v) is 3.89. The number of amides is 2. The summed E-state index contributed by atoms with van der Waals surface area (Å²) in [6.45, 7) is 2.79. The van der Waals surface area contributed by atoms with Crippen LogP contribution in [0, 0.1) is 0 Å². The average Bonchev–Trinajstić information content (AvgIpc) is 3.01. The SMILES string of the molecule is CC[C@@](/C=C/CN1C(=O)c2ccccc2C1=O)(CCCN=[N+]=[N-])c1ccccc1. The molecule has 0 bridgehead atoms. The van der Waals surface area contributed by atoms with Crippen molar-refractivity contribution in [2.45, 2.75) is 31.6 Å². The molecule has 1 aliphatic heterocycles. The van der Waals surface area contributed by atoms with Crippen LogP contribution in [0.1, 0.15) is 52.5 Å². The van der Waals surface area contributed by atoms with E-state index in [1.54, 1.807) is 24.3 Å². The number of hydrogen-bond acceptors (Lipinski definition) is 3. The minimum absolute atomic E-state index is 0.233. The number of rotatable bonds is 9. The van der Waals surface area contributed by atoms with Crippen molar-refractivity contribution in [2.24, 2.45) is 5.11 Å². The molecule has 2 aromatic carbocycles. The van der Waals surface area contributed by atoms with Gasteiger partial charge in [-0.25, -0.2) is 0 Å². The van der Waals surface area contributed by atoms with Gasteiger partial charge in [0.15, 0.2) is 0 Å². The Morgan fingerprint density at radius 3 is 2.24 bits per heavy atom. The van der Waals surface area contributed by atoms with Gasteiger partial charge in [0.25, 0.3) is 11.8 Å². The third kappa shape index (κ3) is 4.23. The summed E-state index contributed by atoms with van der Waals surface area (Å²) < 4.78 is 0. The highest BCUT2D eigenvalue weighted by atomic mass is 16.2. The summed E-state index contributed by atoms with van der Waals surface area (Å²) in [7, 11) is 0. The number of azide groups is 1. The Balaban J connectivity index is 1.80. The van der Waals surface area contributed by atoms with E-state index < -0.39 is 0 Å². The maximum atomic E-state index is 12.6. The van der Waals surface area contributed by atoms with Crippen molar-refractivity contribution in [1.82, 2.24) is 4.90 Å². The summed E-state index contributed by atoms with van der Waals surface area (Å²) in [4.78, 5) is 29.3. The lowest BCUT2D eigenvalue weighted by molar-refractivity contribution is 0.0671. The zero-order valence-electron chi connectivity index (χ0n) is 16.5. The molecule has 0 fully saturated rings. The number of hydrogen-bond donors (Lipinski definition) is 0. The van der Waals surface area contributed by atoms with Crippen LogP contribution in [0.5, 0.6) is 0 Å². The summed E-state index contributed by atoms with van der Waals surface area (Å²) in [5, 5.41) is 3.65. The second kappa shape index (κ2) is 9.22. The van der Waals surface area contributed by atoms with Crippen molar-refractivity contribution >= 4 is 11.8 Å². The van der Waals surface area contributed by atoms with Gasteiger partial charge in [-0.2, -0.15) is 0 Å². The Kier molecular flexibility index (Phi) is 6.47. The molecule has 0 unspecified atom stereocenters. The molecule has 0 spiro atoms. The van der Waals surface area contributed by atoms with Gasteiger partial charge in [-0.3, -0.25) is 14.5 Å². The molecule has 3 rings (SSSR count). The first-order valence-electron chi connectivity index (χ1n) is 9.82. The highest BCUT2D eigenvalue weighted by molar-refractivity contribution is 6.21. The van der Waals surface area contributed by atoms with E-state index in [-0.39, 0.29) is 23.8 Å².